The molecule has 0 aromatic heterocycles. The molecular formula is C9H14O4. The molecule has 0 aliphatic carbocycles. The summed E-state index contributed by atoms with van der Waals surface area (Å²) in [5.74, 6) is -0.560. The molecule has 0 bridgehead atoms. The SMILES string of the molecule is COC(=O)CC(=O)C1(C)CCOC1. The van der Waals surface area contributed by atoms with E-state index < -0.39 is 11.4 Å². The molecule has 0 spiro atoms. The normalized spacial score (nSPS) is 27.2. The predicted molar refractivity (Wildman–Crippen MR) is 45.2 cm³/mol. The molecule has 1 heterocycles. The summed E-state index contributed by atoms with van der Waals surface area (Å²) >= 11 is 0. The van der Waals surface area contributed by atoms with Crippen LogP contribution in [0.2, 0.25) is 0 Å². The highest BCUT2D eigenvalue weighted by molar-refractivity contribution is 5.98. The molecule has 1 fully saturated rings. The van der Waals surface area contributed by atoms with Gasteiger partial charge in [-0.3, -0.25) is 9.59 Å². The molecule has 1 rings (SSSR count). The maximum atomic E-state index is 11.6. The van der Waals surface area contributed by atoms with Gasteiger partial charge in [0, 0.05) is 6.61 Å². The molecule has 1 aliphatic heterocycles. The topological polar surface area (TPSA) is 52.6 Å². The molecule has 0 amide bonds. The number of carbonyl (C=O) groups is 2. The number of methoxy groups -OCH3 is 1. The number of ether oxygens (including phenoxy) is 2. The van der Waals surface area contributed by atoms with Crippen molar-refractivity contribution in [3.63, 3.8) is 0 Å². The van der Waals surface area contributed by atoms with Gasteiger partial charge in [0.1, 0.15) is 6.42 Å². The highest BCUT2D eigenvalue weighted by atomic mass is 16.5. The summed E-state index contributed by atoms with van der Waals surface area (Å²) < 4.78 is 9.55. The van der Waals surface area contributed by atoms with Crippen LogP contribution >= 0.6 is 0 Å². The van der Waals surface area contributed by atoms with Crippen molar-refractivity contribution in [1.82, 2.24) is 0 Å². The van der Waals surface area contributed by atoms with Crippen LogP contribution in [0, 0.1) is 5.41 Å². The number of Topliss-reactive ketones (excluding diaryl/α,β-unsaturated/α-hetero) is 1. The Bertz CT molecular complexity index is 216. The standard InChI is InChI=1S/C9H14O4/c1-9(3-4-13-6-9)7(10)5-8(11)12-2/h3-6H2,1-2H3. The van der Waals surface area contributed by atoms with Gasteiger partial charge in [0.2, 0.25) is 0 Å². The van der Waals surface area contributed by atoms with Gasteiger partial charge in [0.25, 0.3) is 0 Å². The average Bonchev–Trinajstić information content (AvgIpc) is 2.53. The lowest BCUT2D eigenvalue weighted by molar-refractivity contribution is -0.145. The molecule has 74 valence electrons. The van der Waals surface area contributed by atoms with Crippen LogP contribution < -0.4 is 0 Å². The third-order valence-corrected chi connectivity index (χ3v) is 2.42. The molecule has 4 nitrogen and oxygen atoms in total. The third kappa shape index (κ3) is 2.28. The Balaban J connectivity index is 2.51. The summed E-state index contributed by atoms with van der Waals surface area (Å²) in [6, 6.07) is 0. The van der Waals surface area contributed by atoms with Crippen LogP contribution in [0.3, 0.4) is 0 Å². The van der Waals surface area contributed by atoms with E-state index in [0.717, 1.165) is 0 Å². The Labute approximate surface area is 77.2 Å². The fourth-order valence-electron chi connectivity index (χ4n) is 1.30. The van der Waals surface area contributed by atoms with Crippen LogP contribution in [-0.2, 0) is 19.1 Å². The minimum atomic E-state index is -0.478. The molecule has 0 radical (unpaired) electrons. The number of rotatable bonds is 3. The van der Waals surface area contributed by atoms with Crippen LogP contribution in [0.4, 0.5) is 0 Å². The highest BCUT2D eigenvalue weighted by Gasteiger charge is 2.37. The van der Waals surface area contributed by atoms with Crippen LogP contribution in [0.15, 0.2) is 0 Å². The first kappa shape index (κ1) is 10.2. The number of carbonyl (C=O) groups excluding carboxylic acids is 2. The maximum Gasteiger partial charge on any atom is 0.313 e. The molecule has 0 N–H and O–H groups in total. The van der Waals surface area contributed by atoms with Crippen LogP contribution in [0.5, 0.6) is 0 Å². The summed E-state index contributed by atoms with van der Waals surface area (Å²) in [7, 11) is 1.28. The first-order chi connectivity index (χ1) is 6.08. The molecule has 0 aromatic rings. The molecule has 0 aromatic carbocycles. The molecule has 0 saturated carbocycles. The van der Waals surface area contributed by atoms with E-state index in [4.69, 9.17) is 4.74 Å². The first-order valence-electron chi connectivity index (χ1n) is 4.26. The van der Waals surface area contributed by atoms with Crippen molar-refractivity contribution < 1.29 is 19.1 Å². The van der Waals surface area contributed by atoms with E-state index >= 15 is 0 Å². The lowest BCUT2D eigenvalue weighted by atomic mass is 9.83. The van der Waals surface area contributed by atoms with Crippen molar-refractivity contribution in [3.05, 3.63) is 0 Å². The smallest absolute Gasteiger partial charge is 0.313 e. The number of hydrogen-bond acceptors (Lipinski definition) is 4. The van der Waals surface area contributed by atoms with Gasteiger partial charge in [-0.1, -0.05) is 6.92 Å². The van der Waals surface area contributed by atoms with Gasteiger partial charge in [-0.05, 0) is 6.42 Å². The molecule has 1 saturated heterocycles. The minimum Gasteiger partial charge on any atom is -0.469 e. The molecule has 1 unspecified atom stereocenters. The number of hydrogen-bond donors (Lipinski definition) is 0. The number of esters is 1. The number of ketones is 1. The van der Waals surface area contributed by atoms with Crippen molar-refractivity contribution in [3.8, 4) is 0 Å². The zero-order valence-electron chi connectivity index (χ0n) is 7.96. The Kier molecular flexibility index (Phi) is 3.03. The summed E-state index contributed by atoms with van der Waals surface area (Å²) in [6.45, 7) is 2.84. The van der Waals surface area contributed by atoms with Crippen LogP contribution in [-0.4, -0.2) is 32.1 Å². The molecular weight excluding hydrogens is 172 g/mol. The van der Waals surface area contributed by atoms with E-state index in [1.807, 2.05) is 6.92 Å². The predicted octanol–water partition coefficient (Wildman–Crippen LogP) is 0.545. The Morgan fingerprint density at radius 1 is 1.54 bits per heavy atom. The van der Waals surface area contributed by atoms with Gasteiger partial charge in [0.15, 0.2) is 5.78 Å². The summed E-state index contributed by atoms with van der Waals surface area (Å²) in [6.07, 6.45) is 0.555. The van der Waals surface area contributed by atoms with Crippen molar-refractivity contribution in [2.24, 2.45) is 5.41 Å². The molecule has 13 heavy (non-hydrogen) atoms. The van der Waals surface area contributed by atoms with Crippen molar-refractivity contribution in [1.29, 1.82) is 0 Å². The Morgan fingerprint density at radius 2 is 2.23 bits per heavy atom. The quantitative estimate of drug-likeness (QED) is 0.477. The Morgan fingerprint density at radius 3 is 2.69 bits per heavy atom. The molecule has 4 heteroatoms. The minimum absolute atomic E-state index is 0.0862. The van der Waals surface area contributed by atoms with E-state index in [9.17, 15) is 9.59 Å². The highest BCUT2D eigenvalue weighted by Crippen LogP contribution is 2.29. The molecule has 1 atom stereocenters. The van der Waals surface area contributed by atoms with Gasteiger partial charge in [-0.25, -0.2) is 0 Å². The van der Waals surface area contributed by atoms with Crippen LogP contribution in [0.1, 0.15) is 19.8 Å². The maximum absolute atomic E-state index is 11.6. The Hall–Kier alpha value is -0.900. The largest absolute Gasteiger partial charge is 0.469 e. The van der Waals surface area contributed by atoms with Gasteiger partial charge in [0.05, 0.1) is 19.1 Å². The molecule has 1 aliphatic rings. The van der Waals surface area contributed by atoms with Gasteiger partial charge in [-0.2, -0.15) is 0 Å². The average molecular weight is 186 g/mol. The van der Waals surface area contributed by atoms with Crippen molar-refractivity contribution >= 4 is 11.8 Å². The second kappa shape index (κ2) is 3.87. The van der Waals surface area contributed by atoms with Crippen molar-refractivity contribution in [2.75, 3.05) is 20.3 Å². The zero-order valence-corrected chi connectivity index (χ0v) is 7.96. The monoisotopic (exact) mass is 186 g/mol. The fraction of sp³-hybridized carbons (Fsp3) is 0.778. The van der Waals surface area contributed by atoms with Crippen LogP contribution in [0.25, 0.3) is 0 Å². The van der Waals surface area contributed by atoms with E-state index in [2.05, 4.69) is 4.74 Å². The first-order valence-corrected chi connectivity index (χ1v) is 4.26. The summed E-state index contributed by atoms with van der Waals surface area (Å²) in [5.41, 5.74) is -0.478. The van der Waals surface area contributed by atoms with Crippen molar-refractivity contribution in [2.45, 2.75) is 19.8 Å². The van der Waals surface area contributed by atoms with Gasteiger partial charge in [-0.15, -0.1) is 0 Å². The summed E-state index contributed by atoms with van der Waals surface area (Å²) in [4.78, 5) is 22.4. The third-order valence-electron chi connectivity index (χ3n) is 2.42. The zero-order chi connectivity index (χ0) is 9.90. The van der Waals surface area contributed by atoms with Gasteiger partial charge < -0.3 is 9.47 Å². The summed E-state index contributed by atoms with van der Waals surface area (Å²) in [5, 5.41) is 0. The van der Waals surface area contributed by atoms with E-state index in [-0.39, 0.29) is 12.2 Å². The lowest BCUT2D eigenvalue weighted by Crippen LogP contribution is -2.30. The lowest BCUT2D eigenvalue weighted by Gasteiger charge is -2.18. The fourth-order valence-corrected chi connectivity index (χ4v) is 1.30. The van der Waals surface area contributed by atoms with E-state index in [0.29, 0.717) is 19.6 Å². The van der Waals surface area contributed by atoms with E-state index in [1.54, 1.807) is 0 Å². The second-order valence-corrected chi connectivity index (χ2v) is 3.54. The second-order valence-electron chi connectivity index (χ2n) is 3.54. The van der Waals surface area contributed by atoms with Gasteiger partial charge >= 0.3 is 5.97 Å². The van der Waals surface area contributed by atoms with E-state index in [1.165, 1.54) is 7.11 Å².